The molecule has 0 aliphatic carbocycles. The van der Waals surface area contributed by atoms with Gasteiger partial charge in [-0.25, -0.2) is 14.6 Å². The molecule has 0 N–H and O–H groups in total. The number of rotatable bonds is 3. The summed E-state index contributed by atoms with van der Waals surface area (Å²) in [6, 6.07) is 13.0. The van der Waals surface area contributed by atoms with Crippen LogP contribution in [0.25, 0.3) is 16.7 Å². The van der Waals surface area contributed by atoms with Crippen molar-refractivity contribution in [3.8, 4) is 5.69 Å². The molecule has 0 atom stereocenters. The average molecular weight is 413 g/mol. The zero-order chi connectivity index (χ0) is 21.5. The van der Waals surface area contributed by atoms with E-state index in [1.807, 2.05) is 10.9 Å². The van der Waals surface area contributed by atoms with E-state index in [2.05, 4.69) is 89.0 Å². The van der Waals surface area contributed by atoms with Crippen LogP contribution in [0.4, 0.5) is 11.5 Å². The molecular formula is C25H28N6. The number of nitrogens with zero attached hydrogens (tertiary/aromatic N) is 6. The average Bonchev–Trinajstić information content (AvgIpc) is 3.20. The van der Waals surface area contributed by atoms with E-state index in [0.717, 1.165) is 48.7 Å². The van der Waals surface area contributed by atoms with Gasteiger partial charge in [0.05, 0.1) is 17.3 Å². The van der Waals surface area contributed by atoms with Gasteiger partial charge in [0.25, 0.3) is 0 Å². The molecule has 0 bridgehead atoms. The molecule has 1 saturated heterocycles. The Labute approximate surface area is 183 Å². The number of anilines is 2. The third kappa shape index (κ3) is 3.42. The third-order valence-electron chi connectivity index (χ3n) is 6.42. The van der Waals surface area contributed by atoms with Gasteiger partial charge in [0, 0.05) is 31.9 Å². The highest BCUT2D eigenvalue weighted by Crippen LogP contribution is 2.29. The predicted octanol–water partition coefficient (Wildman–Crippen LogP) is 4.38. The second-order valence-electron chi connectivity index (χ2n) is 8.47. The van der Waals surface area contributed by atoms with Crippen LogP contribution in [0, 0.1) is 27.7 Å². The van der Waals surface area contributed by atoms with E-state index in [9.17, 15) is 0 Å². The van der Waals surface area contributed by atoms with Crippen molar-refractivity contribution in [3.05, 3.63) is 71.2 Å². The Balaban J connectivity index is 1.43. The van der Waals surface area contributed by atoms with Crippen molar-refractivity contribution in [2.45, 2.75) is 27.7 Å². The summed E-state index contributed by atoms with van der Waals surface area (Å²) in [4.78, 5) is 14.1. The van der Waals surface area contributed by atoms with Crippen LogP contribution in [-0.2, 0) is 0 Å². The first-order chi connectivity index (χ1) is 15.0. The molecule has 1 aliphatic rings. The van der Waals surface area contributed by atoms with Crippen LogP contribution in [0.2, 0.25) is 0 Å². The molecule has 1 aliphatic heterocycles. The SMILES string of the molecule is Cc1ccc(-n2ncc3c(N4CCN(c5cccc(C)c5C)CC4)ncnc32)c(C)c1. The summed E-state index contributed by atoms with van der Waals surface area (Å²) in [7, 11) is 0. The lowest BCUT2D eigenvalue weighted by Gasteiger charge is -2.37. The van der Waals surface area contributed by atoms with Crippen LogP contribution in [0.3, 0.4) is 0 Å². The lowest BCUT2D eigenvalue weighted by Crippen LogP contribution is -2.47. The maximum atomic E-state index is 4.67. The number of hydrogen-bond donors (Lipinski definition) is 0. The Hall–Kier alpha value is -3.41. The van der Waals surface area contributed by atoms with Crippen LogP contribution < -0.4 is 9.80 Å². The zero-order valence-corrected chi connectivity index (χ0v) is 18.6. The summed E-state index contributed by atoms with van der Waals surface area (Å²) >= 11 is 0. The van der Waals surface area contributed by atoms with E-state index in [1.54, 1.807) is 6.33 Å². The summed E-state index contributed by atoms with van der Waals surface area (Å²) in [5, 5.41) is 5.67. The number of hydrogen-bond acceptors (Lipinski definition) is 5. The van der Waals surface area contributed by atoms with Gasteiger partial charge >= 0.3 is 0 Å². The van der Waals surface area contributed by atoms with Crippen molar-refractivity contribution in [1.29, 1.82) is 0 Å². The van der Waals surface area contributed by atoms with E-state index in [1.165, 1.54) is 27.9 Å². The number of benzene rings is 2. The van der Waals surface area contributed by atoms with Gasteiger partial charge in [-0.3, -0.25) is 0 Å². The van der Waals surface area contributed by atoms with Crippen LogP contribution in [0.15, 0.2) is 48.9 Å². The quantitative estimate of drug-likeness (QED) is 0.500. The molecule has 0 radical (unpaired) electrons. The van der Waals surface area contributed by atoms with Gasteiger partial charge in [-0.1, -0.05) is 29.8 Å². The third-order valence-corrected chi connectivity index (χ3v) is 6.42. The molecule has 6 heteroatoms. The Bertz CT molecular complexity index is 1250. The normalized spacial score (nSPS) is 14.5. The van der Waals surface area contributed by atoms with Crippen molar-refractivity contribution >= 4 is 22.5 Å². The molecule has 6 nitrogen and oxygen atoms in total. The Morgan fingerprint density at radius 2 is 1.55 bits per heavy atom. The first-order valence-corrected chi connectivity index (χ1v) is 10.9. The van der Waals surface area contributed by atoms with Gasteiger partial charge < -0.3 is 9.80 Å². The van der Waals surface area contributed by atoms with Crippen molar-refractivity contribution in [2.75, 3.05) is 36.0 Å². The minimum atomic E-state index is 0.855. The Morgan fingerprint density at radius 3 is 2.32 bits per heavy atom. The van der Waals surface area contributed by atoms with Crippen molar-refractivity contribution in [2.24, 2.45) is 0 Å². The van der Waals surface area contributed by atoms with E-state index in [4.69, 9.17) is 0 Å². The van der Waals surface area contributed by atoms with Gasteiger partial charge in [-0.15, -0.1) is 0 Å². The second-order valence-corrected chi connectivity index (χ2v) is 8.47. The fourth-order valence-electron chi connectivity index (χ4n) is 4.54. The molecule has 2 aromatic carbocycles. The number of fused-ring (bicyclic) bond motifs is 1. The summed E-state index contributed by atoms with van der Waals surface area (Å²) in [6.45, 7) is 12.4. The van der Waals surface area contributed by atoms with Crippen molar-refractivity contribution in [1.82, 2.24) is 19.7 Å². The highest BCUT2D eigenvalue weighted by Gasteiger charge is 2.23. The summed E-state index contributed by atoms with van der Waals surface area (Å²) in [5.41, 5.74) is 8.41. The second kappa shape index (κ2) is 7.69. The molecule has 0 saturated carbocycles. The number of aryl methyl sites for hydroxylation is 3. The minimum absolute atomic E-state index is 0.855. The summed E-state index contributed by atoms with van der Waals surface area (Å²) in [5.74, 6) is 0.974. The van der Waals surface area contributed by atoms with E-state index >= 15 is 0 Å². The molecule has 1 fully saturated rings. The largest absolute Gasteiger partial charge is 0.368 e. The molecule has 2 aromatic heterocycles. The molecule has 31 heavy (non-hydrogen) atoms. The van der Waals surface area contributed by atoms with Gasteiger partial charge in [-0.2, -0.15) is 5.10 Å². The smallest absolute Gasteiger partial charge is 0.168 e. The number of aromatic nitrogens is 4. The van der Waals surface area contributed by atoms with Crippen molar-refractivity contribution in [3.63, 3.8) is 0 Å². The highest BCUT2D eigenvalue weighted by molar-refractivity contribution is 5.88. The number of piperazine rings is 1. The Kier molecular flexibility index (Phi) is 4.85. The molecule has 4 aromatic rings. The summed E-state index contributed by atoms with van der Waals surface area (Å²) in [6.07, 6.45) is 3.57. The molecular weight excluding hydrogens is 384 g/mol. The minimum Gasteiger partial charge on any atom is -0.368 e. The summed E-state index contributed by atoms with van der Waals surface area (Å²) < 4.78 is 1.93. The maximum Gasteiger partial charge on any atom is 0.168 e. The first-order valence-electron chi connectivity index (χ1n) is 10.9. The zero-order valence-electron chi connectivity index (χ0n) is 18.6. The van der Waals surface area contributed by atoms with Crippen LogP contribution >= 0.6 is 0 Å². The molecule has 3 heterocycles. The molecule has 0 spiro atoms. The van der Waals surface area contributed by atoms with Crippen LogP contribution in [0.1, 0.15) is 22.3 Å². The van der Waals surface area contributed by atoms with Crippen LogP contribution in [0.5, 0.6) is 0 Å². The predicted molar refractivity (Wildman–Crippen MR) is 126 cm³/mol. The van der Waals surface area contributed by atoms with E-state index < -0.39 is 0 Å². The van der Waals surface area contributed by atoms with Gasteiger partial charge in [0.15, 0.2) is 5.65 Å². The fraction of sp³-hybridized carbons (Fsp3) is 0.320. The Morgan fingerprint density at radius 1 is 0.774 bits per heavy atom. The molecule has 5 rings (SSSR count). The van der Waals surface area contributed by atoms with Gasteiger partial charge in [0.2, 0.25) is 0 Å². The lowest BCUT2D eigenvalue weighted by molar-refractivity contribution is 0.647. The van der Waals surface area contributed by atoms with Crippen molar-refractivity contribution < 1.29 is 0 Å². The lowest BCUT2D eigenvalue weighted by atomic mass is 10.1. The van der Waals surface area contributed by atoms with Crippen LogP contribution in [-0.4, -0.2) is 45.9 Å². The first kappa shape index (κ1) is 19.5. The van der Waals surface area contributed by atoms with E-state index in [-0.39, 0.29) is 0 Å². The van der Waals surface area contributed by atoms with E-state index in [0.29, 0.717) is 0 Å². The van der Waals surface area contributed by atoms with Gasteiger partial charge in [0.1, 0.15) is 12.1 Å². The fourth-order valence-corrected chi connectivity index (χ4v) is 4.54. The maximum absolute atomic E-state index is 4.67. The molecule has 0 unspecified atom stereocenters. The highest BCUT2D eigenvalue weighted by atomic mass is 15.3. The topological polar surface area (TPSA) is 50.1 Å². The molecule has 158 valence electrons. The monoisotopic (exact) mass is 412 g/mol. The molecule has 0 amide bonds. The van der Waals surface area contributed by atoms with Gasteiger partial charge in [-0.05, 0) is 56.5 Å². The standard InChI is InChI=1S/C25H28N6/c1-17-8-9-22(19(3)14-17)31-25-21(15-28-31)24(26-16-27-25)30-12-10-29(11-13-30)23-7-5-6-18(2)20(23)4/h5-9,14-16H,10-13H2,1-4H3.